The summed E-state index contributed by atoms with van der Waals surface area (Å²) in [5.41, 5.74) is -0.939. The first-order valence-corrected chi connectivity index (χ1v) is 5.23. The highest BCUT2D eigenvalue weighted by atomic mass is 16.5. The second kappa shape index (κ2) is 4.82. The van der Waals surface area contributed by atoms with Gasteiger partial charge in [-0.1, -0.05) is 5.16 Å². The quantitative estimate of drug-likeness (QED) is 0.706. The summed E-state index contributed by atoms with van der Waals surface area (Å²) in [6, 6.07) is 0. The normalized spacial score (nSPS) is 10.6. The third-order valence-corrected chi connectivity index (χ3v) is 2.36. The van der Waals surface area contributed by atoms with Gasteiger partial charge in [0.2, 0.25) is 11.7 Å². The van der Waals surface area contributed by atoms with Gasteiger partial charge in [0.05, 0.1) is 0 Å². The van der Waals surface area contributed by atoms with Crippen LogP contribution < -0.4 is 16.6 Å². The van der Waals surface area contributed by atoms with Crippen molar-refractivity contribution in [1.82, 2.24) is 24.5 Å². The monoisotopic (exact) mass is 252 g/mol. The van der Waals surface area contributed by atoms with E-state index in [2.05, 4.69) is 20.6 Å². The molecule has 0 unspecified atom stereocenters. The molecule has 2 aromatic heterocycles. The van der Waals surface area contributed by atoms with Crippen LogP contribution in [-0.4, -0.2) is 31.0 Å². The molecule has 0 radical (unpaired) electrons. The largest absolute Gasteiger partial charge is 0.364 e. The smallest absolute Gasteiger partial charge is 0.346 e. The SMILES string of the molecule is Cn1nc(NCCc2ncno2)c(=O)n(C)c1=O. The summed E-state index contributed by atoms with van der Waals surface area (Å²) < 4.78 is 6.89. The molecule has 0 aromatic carbocycles. The minimum Gasteiger partial charge on any atom is -0.364 e. The molecule has 96 valence electrons. The zero-order valence-corrected chi connectivity index (χ0v) is 9.95. The molecule has 0 aliphatic rings. The van der Waals surface area contributed by atoms with E-state index in [0.717, 1.165) is 9.25 Å². The maximum absolute atomic E-state index is 11.7. The van der Waals surface area contributed by atoms with Crippen LogP contribution in [0.25, 0.3) is 0 Å². The molecular weight excluding hydrogens is 240 g/mol. The first-order valence-electron chi connectivity index (χ1n) is 5.23. The van der Waals surface area contributed by atoms with Crippen molar-refractivity contribution < 1.29 is 4.52 Å². The molecule has 2 rings (SSSR count). The van der Waals surface area contributed by atoms with Crippen molar-refractivity contribution in [2.75, 3.05) is 11.9 Å². The summed E-state index contributed by atoms with van der Waals surface area (Å²) in [5, 5.41) is 10.1. The Morgan fingerprint density at radius 2 is 2.17 bits per heavy atom. The van der Waals surface area contributed by atoms with E-state index in [-0.39, 0.29) is 5.82 Å². The lowest BCUT2D eigenvalue weighted by Crippen LogP contribution is -2.40. The molecular formula is C9H12N6O3. The number of aryl methyl sites for hydroxylation is 1. The van der Waals surface area contributed by atoms with Gasteiger partial charge in [0, 0.05) is 27.1 Å². The van der Waals surface area contributed by atoms with Crippen LogP contribution in [0.1, 0.15) is 5.89 Å². The van der Waals surface area contributed by atoms with Gasteiger partial charge >= 0.3 is 5.69 Å². The molecule has 9 nitrogen and oxygen atoms in total. The summed E-state index contributed by atoms with van der Waals surface area (Å²) in [6.45, 7) is 0.405. The van der Waals surface area contributed by atoms with E-state index in [1.807, 2.05) is 0 Å². The number of anilines is 1. The highest BCUT2D eigenvalue weighted by molar-refractivity contribution is 5.29. The second-order valence-electron chi connectivity index (χ2n) is 3.63. The van der Waals surface area contributed by atoms with Crippen molar-refractivity contribution in [3.8, 4) is 0 Å². The van der Waals surface area contributed by atoms with E-state index in [4.69, 9.17) is 4.52 Å². The molecule has 0 aliphatic carbocycles. The van der Waals surface area contributed by atoms with Gasteiger partial charge in [0.15, 0.2) is 6.33 Å². The maximum Gasteiger partial charge on any atom is 0.346 e. The van der Waals surface area contributed by atoms with E-state index in [1.54, 1.807) is 0 Å². The Balaban J connectivity index is 2.10. The van der Waals surface area contributed by atoms with Gasteiger partial charge in [-0.05, 0) is 0 Å². The lowest BCUT2D eigenvalue weighted by atomic mass is 10.4. The standard InChI is InChI=1S/C9H12N6O3/c1-14-8(16)7(13-15(2)9(14)17)10-4-3-6-11-5-12-18-6/h5H,3-4H2,1-2H3,(H,10,13). The first kappa shape index (κ1) is 12.0. The first-order chi connectivity index (χ1) is 8.59. The van der Waals surface area contributed by atoms with Gasteiger partial charge in [-0.15, -0.1) is 5.10 Å². The fraction of sp³-hybridized carbons (Fsp3) is 0.444. The lowest BCUT2D eigenvalue weighted by Gasteiger charge is -2.06. The van der Waals surface area contributed by atoms with Crippen molar-refractivity contribution in [1.29, 1.82) is 0 Å². The molecule has 0 atom stereocenters. The van der Waals surface area contributed by atoms with E-state index >= 15 is 0 Å². The van der Waals surface area contributed by atoms with E-state index in [9.17, 15) is 9.59 Å². The predicted molar refractivity (Wildman–Crippen MR) is 61.2 cm³/mol. The number of hydrogen-bond acceptors (Lipinski definition) is 7. The van der Waals surface area contributed by atoms with Crippen LogP contribution >= 0.6 is 0 Å². The second-order valence-corrected chi connectivity index (χ2v) is 3.63. The topological polar surface area (TPSA) is 108 Å². The number of rotatable bonds is 4. The minimum atomic E-state index is -0.470. The molecule has 0 spiro atoms. The van der Waals surface area contributed by atoms with Crippen LogP contribution in [0, 0.1) is 0 Å². The molecule has 0 fully saturated rings. The van der Waals surface area contributed by atoms with Crippen molar-refractivity contribution >= 4 is 5.82 Å². The van der Waals surface area contributed by atoms with Gasteiger partial charge in [0.25, 0.3) is 5.56 Å². The van der Waals surface area contributed by atoms with E-state index < -0.39 is 11.2 Å². The van der Waals surface area contributed by atoms with Crippen LogP contribution in [0.5, 0.6) is 0 Å². The number of hydrogen-bond donors (Lipinski definition) is 1. The van der Waals surface area contributed by atoms with Crippen molar-refractivity contribution in [3.05, 3.63) is 33.1 Å². The average Bonchev–Trinajstić information content (AvgIpc) is 2.86. The summed E-state index contributed by atoms with van der Waals surface area (Å²) in [4.78, 5) is 27.0. The molecule has 2 heterocycles. The molecule has 0 amide bonds. The predicted octanol–water partition coefficient (Wildman–Crippen LogP) is -1.48. The maximum atomic E-state index is 11.7. The van der Waals surface area contributed by atoms with Crippen LogP contribution in [-0.2, 0) is 20.5 Å². The van der Waals surface area contributed by atoms with Crippen LogP contribution in [0.4, 0.5) is 5.82 Å². The Kier molecular flexibility index (Phi) is 3.22. The van der Waals surface area contributed by atoms with Gasteiger partial charge in [0.1, 0.15) is 0 Å². The van der Waals surface area contributed by atoms with E-state index in [1.165, 1.54) is 20.4 Å². The Morgan fingerprint density at radius 3 is 2.83 bits per heavy atom. The van der Waals surface area contributed by atoms with Crippen LogP contribution in [0.15, 0.2) is 20.4 Å². The molecule has 0 aliphatic heterocycles. The third kappa shape index (κ3) is 2.29. The lowest BCUT2D eigenvalue weighted by molar-refractivity contribution is 0.379. The van der Waals surface area contributed by atoms with Crippen molar-refractivity contribution in [2.45, 2.75) is 6.42 Å². The fourth-order valence-electron chi connectivity index (χ4n) is 1.40. The molecule has 0 bridgehead atoms. The summed E-state index contributed by atoms with van der Waals surface area (Å²) >= 11 is 0. The number of nitrogens with one attached hydrogen (secondary N) is 1. The minimum absolute atomic E-state index is 0.110. The van der Waals surface area contributed by atoms with E-state index in [0.29, 0.717) is 18.9 Å². The Bertz CT molecular complexity index is 641. The average molecular weight is 252 g/mol. The van der Waals surface area contributed by atoms with Gasteiger partial charge in [-0.3, -0.25) is 9.36 Å². The summed E-state index contributed by atoms with van der Waals surface area (Å²) in [7, 11) is 2.88. The Labute approximate surface area is 101 Å². The van der Waals surface area contributed by atoms with Gasteiger partial charge in [-0.25, -0.2) is 9.48 Å². The zero-order valence-electron chi connectivity index (χ0n) is 9.95. The molecule has 0 saturated carbocycles. The third-order valence-electron chi connectivity index (χ3n) is 2.36. The summed E-state index contributed by atoms with van der Waals surface area (Å²) in [5.74, 6) is 0.572. The fourth-order valence-corrected chi connectivity index (χ4v) is 1.40. The van der Waals surface area contributed by atoms with Crippen LogP contribution in [0.2, 0.25) is 0 Å². The Hall–Kier alpha value is -2.45. The highest BCUT2D eigenvalue weighted by Crippen LogP contribution is 1.94. The van der Waals surface area contributed by atoms with Crippen molar-refractivity contribution in [3.63, 3.8) is 0 Å². The molecule has 1 N–H and O–H groups in total. The zero-order chi connectivity index (χ0) is 13.1. The molecule has 2 aromatic rings. The molecule has 18 heavy (non-hydrogen) atoms. The number of nitrogens with zero attached hydrogens (tertiary/aromatic N) is 5. The number of aromatic nitrogens is 5. The van der Waals surface area contributed by atoms with Crippen molar-refractivity contribution in [2.24, 2.45) is 14.1 Å². The molecule has 0 saturated heterocycles. The van der Waals surface area contributed by atoms with Crippen LogP contribution in [0.3, 0.4) is 0 Å². The molecule has 9 heteroatoms. The highest BCUT2D eigenvalue weighted by Gasteiger charge is 2.08. The van der Waals surface area contributed by atoms with Gasteiger partial charge in [-0.2, -0.15) is 4.98 Å². The Morgan fingerprint density at radius 1 is 1.39 bits per heavy atom. The summed E-state index contributed by atoms with van der Waals surface area (Å²) in [6.07, 6.45) is 1.77. The van der Waals surface area contributed by atoms with Gasteiger partial charge < -0.3 is 9.84 Å².